The Bertz CT molecular complexity index is 264. The molecule has 0 aromatic rings. The van der Waals surface area contributed by atoms with E-state index in [1.165, 1.54) is 19.3 Å². The molecule has 1 heteroatoms. The molecule has 0 aromatic heterocycles. The number of rotatable bonds is 7. The van der Waals surface area contributed by atoms with Crippen molar-refractivity contribution < 1.29 is 0 Å². The van der Waals surface area contributed by atoms with Crippen molar-refractivity contribution in [1.82, 2.24) is 0 Å². The molecule has 0 saturated carbocycles. The van der Waals surface area contributed by atoms with Crippen LogP contribution in [0, 0.1) is 17.2 Å². The van der Waals surface area contributed by atoms with Crippen LogP contribution in [-0.2, 0) is 0 Å². The van der Waals surface area contributed by atoms with E-state index in [9.17, 15) is 0 Å². The lowest BCUT2D eigenvalue weighted by Gasteiger charge is -2.01. The number of allylic oxidation sites excluding steroid dienone is 5. The standard InChI is InChI=1S/C14H21N/c1-4-14(12-15)11-9-7-5-6-8-10-13(2)3/h4,7,9,11,13H,1,5-6,8,10H2,2-3H3/b9-7-,14-11+. The van der Waals surface area contributed by atoms with Gasteiger partial charge in [0.25, 0.3) is 0 Å². The molecule has 0 aromatic carbocycles. The van der Waals surface area contributed by atoms with Crippen LogP contribution < -0.4 is 0 Å². The van der Waals surface area contributed by atoms with Crippen molar-refractivity contribution in [3.8, 4) is 6.07 Å². The quantitative estimate of drug-likeness (QED) is 0.342. The van der Waals surface area contributed by atoms with Crippen LogP contribution in [0.15, 0.2) is 36.5 Å². The van der Waals surface area contributed by atoms with Gasteiger partial charge in [-0.15, -0.1) is 0 Å². The normalized spacial score (nSPS) is 12.0. The fourth-order valence-corrected chi connectivity index (χ4v) is 1.23. The number of unbranched alkanes of at least 4 members (excludes halogenated alkanes) is 2. The van der Waals surface area contributed by atoms with E-state index in [-0.39, 0.29) is 0 Å². The van der Waals surface area contributed by atoms with E-state index in [1.54, 1.807) is 12.2 Å². The molecule has 82 valence electrons. The molecule has 0 atom stereocenters. The van der Waals surface area contributed by atoms with Gasteiger partial charge in [-0.25, -0.2) is 0 Å². The van der Waals surface area contributed by atoms with Crippen molar-refractivity contribution in [1.29, 1.82) is 5.26 Å². The van der Waals surface area contributed by atoms with Crippen molar-refractivity contribution in [3.05, 3.63) is 36.5 Å². The predicted molar refractivity (Wildman–Crippen MR) is 66.3 cm³/mol. The second kappa shape index (κ2) is 9.27. The van der Waals surface area contributed by atoms with Crippen molar-refractivity contribution >= 4 is 0 Å². The zero-order valence-electron chi connectivity index (χ0n) is 9.87. The molecule has 0 rings (SSSR count). The third kappa shape index (κ3) is 9.02. The van der Waals surface area contributed by atoms with E-state index in [2.05, 4.69) is 32.6 Å². The van der Waals surface area contributed by atoms with E-state index in [0.29, 0.717) is 5.57 Å². The number of hydrogen-bond donors (Lipinski definition) is 0. The van der Waals surface area contributed by atoms with Crippen LogP contribution in [-0.4, -0.2) is 0 Å². The molecule has 0 radical (unpaired) electrons. The third-order valence-electron chi connectivity index (χ3n) is 2.16. The van der Waals surface area contributed by atoms with Gasteiger partial charge < -0.3 is 0 Å². The molecule has 0 N–H and O–H groups in total. The molecule has 0 aliphatic rings. The van der Waals surface area contributed by atoms with Gasteiger partial charge in [-0.3, -0.25) is 0 Å². The van der Waals surface area contributed by atoms with Crippen LogP contribution in [0.5, 0.6) is 0 Å². The minimum Gasteiger partial charge on any atom is -0.192 e. The first-order valence-electron chi connectivity index (χ1n) is 5.60. The lowest BCUT2D eigenvalue weighted by Crippen LogP contribution is -1.85. The van der Waals surface area contributed by atoms with Gasteiger partial charge in [0.2, 0.25) is 0 Å². The van der Waals surface area contributed by atoms with Gasteiger partial charge in [0.05, 0.1) is 11.6 Å². The number of nitriles is 1. The maximum Gasteiger partial charge on any atom is 0.0991 e. The number of hydrogen-bond acceptors (Lipinski definition) is 1. The lowest BCUT2D eigenvalue weighted by atomic mass is 10.1. The Hall–Kier alpha value is -1.29. The van der Waals surface area contributed by atoms with Crippen LogP contribution in [0.25, 0.3) is 0 Å². The fourth-order valence-electron chi connectivity index (χ4n) is 1.23. The van der Waals surface area contributed by atoms with Crippen LogP contribution in [0.2, 0.25) is 0 Å². The average molecular weight is 203 g/mol. The highest BCUT2D eigenvalue weighted by Crippen LogP contribution is 2.08. The highest BCUT2D eigenvalue weighted by Gasteiger charge is 1.91. The summed E-state index contributed by atoms with van der Waals surface area (Å²) in [6.07, 6.45) is 12.4. The highest BCUT2D eigenvalue weighted by molar-refractivity contribution is 5.34. The van der Waals surface area contributed by atoms with Gasteiger partial charge in [0.15, 0.2) is 0 Å². The molecule has 0 bridgehead atoms. The van der Waals surface area contributed by atoms with Gasteiger partial charge in [0.1, 0.15) is 0 Å². The van der Waals surface area contributed by atoms with Crippen molar-refractivity contribution in [2.75, 3.05) is 0 Å². The summed E-state index contributed by atoms with van der Waals surface area (Å²) in [5.74, 6) is 0.805. The summed E-state index contributed by atoms with van der Waals surface area (Å²) >= 11 is 0. The SMILES string of the molecule is C=C/C(C#N)=C\C=C/CCCCC(C)C. The second-order valence-electron chi connectivity index (χ2n) is 4.04. The van der Waals surface area contributed by atoms with Crippen LogP contribution in [0.1, 0.15) is 39.5 Å². The average Bonchev–Trinajstić information content (AvgIpc) is 2.22. The molecule has 1 nitrogen and oxygen atoms in total. The van der Waals surface area contributed by atoms with E-state index in [1.807, 2.05) is 6.08 Å². The predicted octanol–water partition coefficient (Wildman–Crippen LogP) is 4.39. The fraction of sp³-hybridized carbons (Fsp3) is 0.500. The molecule has 15 heavy (non-hydrogen) atoms. The van der Waals surface area contributed by atoms with E-state index >= 15 is 0 Å². The summed E-state index contributed by atoms with van der Waals surface area (Å²) in [4.78, 5) is 0. The minimum atomic E-state index is 0.619. The van der Waals surface area contributed by atoms with Crippen LogP contribution in [0.3, 0.4) is 0 Å². The molecule has 0 aliphatic carbocycles. The topological polar surface area (TPSA) is 23.8 Å². The summed E-state index contributed by atoms with van der Waals surface area (Å²) in [5.41, 5.74) is 0.619. The molecule has 0 saturated heterocycles. The van der Waals surface area contributed by atoms with E-state index in [0.717, 1.165) is 12.3 Å². The lowest BCUT2D eigenvalue weighted by molar-refractivity contribution is 0.540. The maximum absolute atomic E-state index is 8.60. The molecule has 0 fully saturated rings. The molecular weight excluding hydrogens is 182 g/mol. The van der Waals surface area contributed by atoms with Crippen LogP contribution in [0.4, 0.5) is 0 Å². The Kier molecular flexibility index (Phi) is 8.47. The molecule has 0 amide bonds. The van der Waals surface area contributed by atoms with E-state index in [4.69, 9.17) is 5.26 Å². The summed E-state index contributed by atoms with van der Waals surface area (Å²) in [6.45, 7) is 8.06. The molecule has 0 unspecified atom stereocenters. The first-order chi connectivity index (χ1) is 7.20. The van der Waals surface area contributed by atoms with Gasteiger partial charge >= 0.3 is 0 Å². The minimum absolute atomic E-state index is 0.619. The number of nitrogens with zero attached hydrogens (tertiary/aromatic N) is 1. The van der Waals surface area contributed by atoms with Crippen molar-refractivity contribution in [3.63, 3.8) is 0 Å². The second-order valence-corrected chi connectivity index (χ2v) is 4.04. The van der Waals surface area contributed by atoms with E-state index < -0.39 is 0 Å². The Labute approximate surface area is 93.8 Å². The van der Waals surface area contributed by atoms with Crippen molar-refractivity contribution in [2.45, 2.75) is 39.5 Å². The highest BCUT2D eigenvalue weighted by atomic mass is 14.2. The Morgan fingerprint density at radius 1 is 1.40 bits per heavy atom. The van der Waals surface area contributed by atoms with Crippen molar-refractivity contribution in [2.24, 2.45) is 5.92 Å². The van der Waals surface area contributed by atoms with Gasteiger partial charge in [-0.2, -0.15) is 5.26 Å². The third-order valence-corrected chi connectivity index (χ3v) is 2.16. The van der Waals surface area contributed by atoms with Crippen LogP contribution >= 0.6 is 0 Å². The first kappa shape index (κ1) is 13.7. The largest absolute Gasteiger partial charge is 0.192 e. The Morgan fingerprint density at radius 3 is 2.67 bits per heavy atom. The molecule has 0 aliphatic heterocycles. The molecule has 0 heterocycles. The molecule has 0 spiro atoms. The monoisotopic (exact) mass is 203 g/mol. The Morgan fingerprint density at radius 2 is 2.13 bits per heavy atom. The molecular formula is C14H21N. The summed E-state index contributed by atoms with van der Waals surface area (Å²) in [6, 6.07) is 2.06. The zero-order valence-corrected chi connectivity index (χ0v) is 9.87. The first-order valence-corrected chi connectivity index (χ1v) is 5.60. The summed E-state index contributed by atoms with van der Waals surface area (Å²) in [7, 11) is 0. The van der Waals surface area contributed by atoms with Gasteiger partial charge in [-0.05, 0) is 24.8 Å². The van der Waals surface area contributed by atoms with Gasteiger partial charge in [0, 0.05) is 0 Å². The zero-order chi connectivity index (χ0) is 11.5. The maximum atomic E-state index is 8.60. The summed E-state index contributed by atoms with van der Waals surface area (Å²) < 4.78 is 0. The van der Waals surface area contributed by atoms with Gasteiger partial charge in [-0.1, -0.05) is 51.5 Å². The Balaban J connectivity index is 3.60. The summed E-state index contributed by atoms with van der Waals surface area (Å²) in [5, 5.41) is 8.60. The smallest absolute Gasteiger partial charge is 0.0991 e.